The molecule has 1 unspecified atom stereocenters. The van der Waals surface area contributed by atoms with Crippen molar-refractivity contribution >= 4 is 17.5 Å². The zero-order valence-corrected chi connectivity index (χ0v) is 14.2. The van der Waals surface area contributed by atoms with Crippen molar-refractivity contribution in [2.45, 2.75) is 19.1 Å². The Morgan fingerprint density at radius 1 is 1.17 bits per heavy atom. The summed E-state index contributed by atoms with van der Waals surface area (Å²) in [7, 11) is 0. The maximum atomic E-state index is 12.1. The van der Waals surface area contributed by atoms with E-state index >= 15 is 0 Å². The summed E-state index contributed by atoms with van der Waals surface area (Å²) in [6.07, 6.45) is -0.123. The molecule has 126 valence electrons. The molecule has 0 aliphatic carbocycles. The standard InChI is InChI=1S/C19H21ClN2O2/c20-17-7-5-15(6-8-17)18(23)19(24)21-10-12-22-11-9-14-3-1-2-4-16(14)13-22/h1-8,18,23H,9-13H2,(H,21,24). The molecular formula is C19H21ClN2O2. The van der Waals surface area contributed by atoms with Crippen molar-refractivity contribution in [2.24, 2.45) is 0 Å². The minimum atomic E-state index is -1.16. The Hall–Kier alpha value is -1.88. The molecule has 0 saturated heterocycles. The molecule has 4 nitrogen and oxygen atoms in total. The number of hydrogen-bond acceptors (Lipinski definition) is 3. The monoisotopic (exact) mass is 344 g/mol. The number of aliphatic hydroxyl groups is 1. The second-order valence-electron chi connectivity index (χ2n) is 6.04. The average Bonchev–Trinajstić information content (AvgIpc) is 2.61. The first-order chi connectivity index (χ1) is 11.6. The summed E-state index contributed by atoms with van der Waals surface area (Å²) in [4.78, 5) is 14.4. The Balaban J connectivity index is 1.46. The minimum Gasteiger partial charge on any atom is -0.378 e. The van der Waals surface area contributed by atoms with E-state index in [4.69, 9.17) is 11.6 Å². The van der Waals surface area contributed by atoms with Gasteiger partial charge in [-0.15, -0.1) is 0 Å². The predicted molar refractivity (Wildman–Crippen MR) is 94.8 cm³/mol. The first-order valence-electron chi connectivity index (χ1n) is 8.14. The number of nitrogens with zero attached hydrogens (tertiary/aromatic N) is 1. The number of rotatable bonds is 5. The number of fused-ring (bicyclic) bond motifs is 1. The topological polar surface area (TPSA) is 52.6 Å². The molecular weight excluding hydrogens is 324 g/mol. The van der Waals surface area contributed by atoms with E-state index in [9.17, 15) is 9.90 Å². The third kappa shape index (κ3) is 4.15. The average molecular weight is 345 g/mol. The van der Waals surface area contributed by atoms with Crippen LogP contribution in [0.4, 0.5) is 0 Å². The van der Waals surface area contributed by atoms with E-state index in [1.165, 1.54) is 11.1 Å². The largest absolute Gasteiger partial charge is 0.378 e. The molecule has 0 spiro atoms. The van der Waals surface area contributed by atoms with Gasteiger partial charge in [0, 0.05) is 31.2 Å². The van der Waals surface area contributed by atoms with Crippen LogP contribution in [0, 0.1) is 0 Å². The summed E-state index contributed by atoms with van der Waals surface area (Å²) in [5.41, 5.74) is 3.32. The van der Waals surface area contributed by atoms with Crippen molar-refractivity contribution in [1.82, 2.24) is 10.2 Å². The van der Waals surface area contributed by atoms with E-state index in [0.717, 1.165) is 26.1 Å². The smallest absolute Gasteiger partial charge is 0.253 e. The molecule has 1 aliphatic rings. The molecule has 0 fully saturated rings. The van der Waals surface area contributed by atoms with Crippen LogP contribution in [0.2, 0.25) is 5.02 Å². The highest BCUT2D eigenvalue weighted by atomic mass is 35.5. The highest BCUT2D eigenvalue weighted by molar-refractivity contribution is 6.30. The lowest BCUT2D eigenvalue weighted by Crippen LogP contribution is -2.39. The van der Waals surface area contributed by atoms with Gasteiger partial charge in [0.15, 0.2) is 6.10 Å². The van der Waals surface area contributed by atoms with Gasteiger partial charge < -0.3 is 10.4 Å². The summed E-state index contributed by atoms with van der Waals surface area (Å²) in [5.74, 6) is -0.380. The molecule has 3 rings (SSSR count). The molecule has 24 heavy (non-hydrogen) atoms. The van der Waals surface area contributed by atoms with Crippen LogP contribution in [-0.2, 0) is 17.8 Å². The molecule has 2 N–H and O–H groups in total. The van der Waals surface area contributed by atoms with Crippen molar-refractivity contribution in [3.8, 4) is 0 Å². The van der Waals surface area contributed by atoms with Gasteiger partial charge in [-0.2, -0.15) is 0 Å². The first kappa shape index (κ1) is 17.0. The van der Waals surface area contributed by atoms with E-state index in [1.807, 2.05) is 0 Å². The fraction of sp³-hybridized carbons (Fsp3) is 0.316. The number of carbonyl (C=O) groups excluding carboxylic acids is 1. The molecule has 0 saturated carbocycles. The van der Waals surface area contributed by atoms with Gasteiger partial charge in [0.2, 0.25) is 0 Å². The van der Waals surface area contributed by atoms with Crippen molar-refractivity contribution in [3.63, 3.8) is 0 Å². The van der Waals surface area contributed by atoms with E-state index in [0.29, 0.717) is 17.1 Å². The molecule has 5 heteroatoms. The van der Waals surface area contributed by atoms with Crippen molar-refractivity contribution < 1.29 is 9.90 Å². The number of halogens is 1. The van der Waals surface area contributed by atoms with E-state index in [1.54, 1.807) is 24.3 Å². The number of carbonyl (C=O) groups is 1. The summed E-state index contributed by atoms with van der Waals surface area (Å²) in [5, 5.41) is 13.5. The lowest BCUT2D eigenvalue weighted by atomic mass is 10.00. The second-order valence-corrected chi connectivity index (χ2v) is 6.48. The molecule has 0 aromatic heterocycles. The molecule has 1 heterocycles. The normalized spacial score (nSPS) is 15.6. The van der Waals surface area contributed by atoms with Gasteiger partial charge in [-0.05, 0) is 35.2 Å². The highest BCUT2D eigenvalue weighted by Gasteiger charge is 2.18. The molecule has 1 aliphatic heterocycles. The summed E-state index contributed by atoms with van der Waals surface area (Å²) in [6, 6.07) is 15.1. The predicted octanol–water partition coefficient (Wildman–Crippen LogP) is 2.55. The van der Waals surface area contributed by atoms with Crippen LogP contribution in [0.3, 0.4) is 0 Å². The van der Waals surface area contributed by atoms with Gasteiger partial charge in [-0.1, -0.05) is 48.0 Å². The molecule has 0 radical (unpaired) electrons. The van der Waals surface area contributed by atoms with Gasteiger partial charge in [0.1, 0.15) is 0 Å². The third-order valence-corrected chi connectivity index (χ3v) is 4.62. The molecule has 0 bridgehead atoms. The van der Waals surface area contributed by atoms with E-state index in [-0.39, 0.29) is 5.91 Å². The van der Waals surface area contributed by atoms with Crippen LogP contribution < -0.4 is 5.32 Å². The van der Waals surface area contributed by atoms with Crippen LogP contribution in [0.1, 0.15) is 22.8 Å². The lowest BCUT2D eigenvalue weighted by molar-refractivity contribution is -0.129. The Labute approximate surface area is 147 Å². The SMILES string of the molecule is O=C(NCCN1CCc2ccccc2C1)C(O)c1ccc(Cl)cc1. The molecule has 2 aromatic rings. The number of hydrogen-bond donors (Lipinski definition) is 2. The van der Waals surface area contributed by atoms with E-state index < -0.39 is 6.10 Å². The van der Waals surface area contributed by atoms with Crippen molar-refractivity contribution in [3.05, 3.63) is 70.2 Å². The molecule has 2 aromatic carbocycles. The number of benzene rings is 2. The Morgan fingerprint density at radius 2 is 1.88 bits per heavy atom. The van der Waals surface area contributed by atoms with Crippen LogP contribution in [0.5, 0.6) is 0 Å². The number of amides is 1. The summed E-state index contributed by atoms with van der Waals surface area (Å²) < 4.78 is 0. The molecule has 1 amide bonds. The van der Waals surface area contributed by atoms with Crippen molar-refractivity contribution in [1.29, 1.82) is 0 Å². The fourth-order valence-electron chi connectivity index (χ4n) is 2.98. The zero-order valence-electron chi connectivity index (χ0n) is 13.4. The number of nitrogens with one attached hydrogen (secondary N) is 1. The molecule has 1 atom stereocenters. The van der Waals surface area contributed by atoms with Crippen LogP contribution in [0.15, 0.2) is 48.5 Å². The van der Waals surface area contributed by atoms with Gasteiger partial charge in [0.05, 0.1) is 0 Å². The Bertz CT molecular complexity index is 703. The quantitative estimate of drug-likeness (QED) is 0.876. The van der Waals surface area contributed by atoms with Crippen LogP contribution in [-0.4, -0.2) is 35.5 Å². The third-order valence-electron chi connectivity index (χ3n) is 4.37. The maximum Gasteiger partial charge on any atom is 0.253 e. The van der Waals surface area contributed by atoms with E-state index in [2.05, 4.69) is 34.5 Å². The minimum absolute atomic E-state index is 0.380. The maximum absolute atomic E-state index is 12.1. The van der Waals surface area contributed by atoms with Crippen molar-refractivity contribution in [2.75, 3.05) is 19.6 Å². The Morgan fingerprint density at radius 3 is 2.62 bits per heavy atom. The fourth-order valence-corrected chi connectivity index (χ4v) is 3.10. The second kappa shape index (κ2) is 7.79. The van der Waals surface area contributed by atoms with Gasteiger partial charge >= 0.3 is 0 Å². The van der Waals surface area contributed by atoms with Gasteiger partial charge in [-0.25, -0.2) is 0 Å². The van der Waals surface area contributed by atoms with Gasteiger partial charge in [0.25, 0.3) is 5.91 Å². The zero-order chi connectivity index (χ0) is 16.9. The Kier molecular flexibility index (Phi) is 5.51. The highest BCUT2D eigenvalue weighted by Crippen LogP contribution is 2.18. The first-order valence-corrected chi connectivity index (χ1v) is 8.51. The number of aliphatic hydroxyl groups excluding tert-OH is 1. The van der Waals surface area contributed by atoms with Crippen LogP contribution >= 0.6 is 11.6 Å². The summed E-state index contributed by atoms with van der Waals surface area (Å²) >= 11 is 5.81. The van der Waals surface area contributed by atoms with Crippen LogP contribution in [0.25, 0.3) is 0 Å². The van der Waals surface area contributed by atoms with Gasteiger partial charge in [-0.3, -0.25) is 9.69 Å². The lowest BCUT2D eigenvalue weighted by Gasteiger charge is -2.28. The summed E-state index contributed by atoms with van der Waals surface area (Å²) in [6.45, 7) is 3.19.